The number of carbonyl (C=O) groups excluding carboxylic acids is 4. The van der Waals surface area contributed by atoms with Crippen LogP contribution in [0.1, 0.15) is 83.7 Å². The van der Waals surface area contributed by atoms with Gasteiger partial charge in [0.05, 0.1) is 42.6 Å². The molecule has 2 saturated heterocycles. The summed E-state index contributed by atoms with van der Waals surface area (Å²) in [4.78, 5) is 65.1. The van der Waals surface area contributed by atoms with Crippen LogP contribution >= 0.6 is 0 Å². The number of hydrogen-bond acceptors (Lipinski definition) is 11. The number of likely N-dealkylation sites (N-methyl/N-ethyl adjacent to an activating group) is 1. The van der Waals surface area contributed by atoms with Crippen LogP contribution in [0.2, 0.25) is 0 Å². The zero-order valence-electron chi connectivity index (χ0n) is 39.0. The standard InChI is InChI=1S/C50H64N8O7/c1-9-57-42-15-14-33-26-38(42)39(45(57)37-12-10-18-52-43(37)31(4)64-8)27-50(5,6)29-65-49(63)40-13-11-19-58(54-40)48(62)41(24-32-22-35(33)25-36(59)23-32)53-46(60)44(30(2)3)55(7)47(61)34-16-20-56(28-34)21-17-51/h10,12,14-15,18,22-23,25-26,30-31,34,40-41,44,54,59H,9,11,13,16,19-21,24,27-29H2,1-8H3,(H,53,60)/t31-,34-,40-,41-,44-/m0/s1. The number of pyridine rings is 1. The minimum Gasteiger partial charge on any atom is -0.508 e. The van der Waals surface area contributed by atoms with Gasteiger partial charge in [-0.15, -0.1) is 0 Å². The molecule has 7 rings (SSSR count). The Morgan fingerprint density at radius 3 is 2.62 bits per heavy atom. The third kappa shape index (κ3) is 10.0. The molecule has 3 aliphatic rings. The lowest BCUT2D eigenvalue weighted by molar-refractivity contribution is -0.155. The van der Waals surface area contributed by atoms with Gasteiger partial charge in [-0.3, -0.25) is 34.1 Å². The van der Waals surface area contributed by atoms with Crippen LogP contribution in [0, 0.1) is 28.6 Å². The first kappa shape index (κ1) is 47.2. The largest absolute Gasteiger partial charge is 0.508 e. The Balaban J connectivity index is 1.32. The molecule has 5 heterocycles. The number of hydrogen-bond donors (Lipinski definition) is 3. The van der Waals surface area contributed by atoms with E-state index in [2.05, 4.69) is 60.3 Å². The number of cyclic esters (lactones) is 1. The Hall–Kier alpha value is -5.82. The zero-order chi connectivity index (χ0) is 46.7. The van der Waals surface area contributed by atoms with Crippen LogP contribution in [0.4, 0.5) is 0 Å². The van der Waals surface area contributed by atoms with Crippen molar-refractivity contribution in [2.24, 2.45) is 17.3 Å². The SMILES string of the molecule is CCn1c(-c2cccnc2[C@H](C)OC)c2c3cc(ccc31)-c1cc(O)cc(c1)C[C@H](NC(=O)[C@H](C(C)C)N(C)C(=O)[C@H]1CCN(CC#N)C1)C(=O)N1CCC[C@H](N1)C(=O)OCC(C)(C)C2. The van der Waals surface area contributed by atoms with Gasteiger partial charge in [0.1, 0.15) is 23.9 Å². The summed E-state index contributed by atoms with van der Waals surface area (Å²) in [6, 6.07) is 14.8. The van der Waals surface area contributed by atoms with Crippen molar-refractivity contribution in [3.63, 3.8) is 0 Å². The number of likely N-dealkylation sites (tertiary alicyclic amines) is 1. The summed E-state index contributed by atoms with van der Waals surface area (Å²) < 4.78 is 14.2. The molecule has 15 nitrogen and oxygen atoms in total. The highest BCUT2D eigenvalue weighted by molar-refractivity contribution is 5.96. The summed E-state index contributed by atoms with van der Waals surface area (Å²) in [5.41, 5.74) is 9.60. The molecule has 15 heteroatoms. The summed E-state index contributed by atoms with van der Waals surface area (Å²) in [5.74, 6) is -2.30. The molecule has 346 valence electrons. The maximum atomic E-state index is 14.7. The highest BCUT2D eigenvalue weighted by atomic mass is 16.5. The molecule has 6 bridgehead atoms. The number of fused-ring (bicyclic) bond motifs is 6. The molecule has 0 unspecified atom stereocenters. The van der Waals surface area contributed by atoms with Crippen LogP contribution in [0.25, 0.3) is 33.3 Å². The highest BCUT2D eigenvalue weighted by Gasteiger charge is 2.40. The molecule has 0 spiro atoms. The minimum atomic E-state index is -1.14. The lowest BCUT2D eigenvalue weighted by Crippen LogP contribution is -2.62. The van der Waals surface area contributed by atoms with Gasteiger partial charge < -0.3 is 29.4 Å². The molecule has 3 N–H and O–H groups in total. The van der Waals surface area contributed by atoms with Gasteiger partial charge in [0.25, 0.3) is 5.91 Å². The van der Waals surface area contributed by atoms with Crippen molar-refractivity contribution in [3.8, 4) is 34.2 Å². The van der Waals surface area contributed by atoms with Crippen LogP contribution in [-0.2, 0) is 48.0 Å². The number of phenols is 1. The Labute approximate surface area is 382 Å². The first-order chi connectivity index (χ1) is 31.0. The first-order valence-corrected chi connectivity index (χ1v) is 22.9. The van der Waals surface area contributed by atoms with E-state index in [1.165, 1.54) is 9.91 Å². The molecule has 3 aliphatic heterocycles. The molecule has 0 saturated carbocycles. The van der Waals surface area contributed by atoms with E-state index in [0.29, 0.717) is 50.9 Å². The predicted molar refractivity (Wildman–Crippen MR) is 247 cm³/mol. The van der Waals surface area contributed by atoms with Crippen LogP contribution in [0.15, 0.2) is 54.7 Å². The average molecular weight is 889 g/mol. The first-order valence-electron chi connectivity index (χ1n) is 22.9. The number of nitrogens with one attached hydrogen (secondary N) is 2. The number of ether oxygens (including phenoxy) is 2. The molecule has 0 aliphatic carbocycles. The van der Waals surface area contributed by atoms with Crippen molar-refractivity contribution in [3.05, 3.63) is 71.5 Å². The fourth-order valence-corrected chi connectivity index (χ4v) is 9.95. The van der Waals surface area contributed by atoms with Crippen LogP contribution in [0.5, 0.6) is 5.75 Å². The van der Waals surface area contributed by atoms with Gasteiger partial charge in [0.15, 0.2) is 0 Å². The highest BCUT2D eigenvalue weighted by Crippen LogP contribution is 2.42. The van der Waals surface area contributed by atoms with Gasteiger partial charge in [-0.1, -0.05) is 39.8 Å². The summed E-state index contributed by atoms with van der Waals surface area (Å²) in [5, 5.41) is 25.9. The number of hydrazine groups is 1. The zero-order valence-corrected chi connectivity index (χ0v) is 39.0. The number of amides is 3. The van der Waals surface area contributed by atoms with Gasteiger partial charge in [0.2, 0.25) is 11.8 Å². The Bertz CT molecular complexity index is 2470. The van der Waals surface area contributed by atoms with E-state index in [1.54, 1.807) is 32.5 Å². The molecule has 5 atom stereocenters. The van der Waals surface area contributed by atoms with E-state index in [4.69, 9.17) is 14.5 Å². The average Bonchev–Trinajstić information content (AvgIpc) is 3.88. The summed E-state index contributed by atoms with van der Waals surface area (Å²) >= 11 is 0. The van der Waals surface area contributed by atoms with E-state index in [1.807, 2.05) is 43.9 Å². The molecule has 65 heavy (non-hydrogen) atoms. The number of rotatable bonds is 10. The van der Waals surface area contributed by atoms with E-state index < -0.39 is 41.3 Å². The van der Waals surface area contributed by atoms with Gasteiger partial charge in [0, 0.05) is 68.3 Å². The molecular weight excluding hydrogens is 825 g/mol. The molecule has 4 aromatic rings. The number of phenolic OH excluding ortho intramolecular Hbond substituents is 1. The second kappa shape index (κ2) is 19.7. The third-order valence-corrected chi connectivity index (χ3v) is 13.3. The predicted octanol–water partition coefficient (Wildman–Crippen LogP) is 5.78. The number of aromatic hydroxyl groups is 1. The fourth-order valence-electron chi connectivity index (χ4n) is 9.95. The second-order valence-corrected chi connectivity index (χ2v) is 19.1. The van der Waals surface area contributed by atoms with Gasteiger partial charge in [-0.25, -0.2) is 5.43 Å². The smallest absolute Gasteiger partial charge is 0.324 e. The van der Waals surface area contributed by atoms with Crippen molar-refractivity contribution in [1.82, 2.24) is 35.1 Å². The summed E-state index contributed by atoms with van der Waals surface area (Å²) in [6.45, 7) is 14.3. The third-order valence-electron chi connectivity index (χ3n) is 13.3. The Morgan fingerprint density at radius 2 is 1.89 bits per heavy atom. The Kier molecular flexibility index (Phi) is 14.3. The fraction of sp³-hybridized carbons (Fsp3) is 0.520. The van der Waals surface area contributed by atoms with Gasteiger partial charge in [-0.05, 0) is 111 Å². The maximum absolute atomic E-state index is 14.7. The molecule has 2 aromatic heterocycles. The Morgan fingerprint density at radius 1 is 1.11 bits per heavy atom. The number of benzene rings is 2. The second-order valence-electron chi connectivity index (χ2n) is 19.1. The topological polar surface area (TPSA) is 182 Å². The monoisotopic (exact) mass is 888 g/mol. The van der Waals surface area contributed by atoms with Crippen molar-refractivity contribution < 1.29 is 33.8 Å². The number of carbonyl (C=O) groups is 4. The van der Waals surface area contributed by atoms with Crippen molar-refractivity contribution >= 4 is 34.6 Å². The summed E-state index contributed by atoms with van der Waals surface area (Å²) in [7, 11) is 3.29. The molecule has 3 amide bonds. The maximum Gasteiger partial charge on any atom is 0.324 e. The minimum absolute atomic E-state index is 0.00226. The van der Waals surface area contributed by atoms with Crippen molar-refractivity contribution in [2.75, 3.05) is 46.9 Å². The number of nitriles is 1. The quantitative estimate of drug-likeness (QED) is 0.130. The van der Waals surface area contributed by atoms with Gasteiger partial charge in [-0.2, -0.15) is 5.26 Å². The normalized spacial score (nSPS) is 21.4. The van der Waals surface area contributed by atoms with E-state index >= 15 is 0 Å². The molecule has 2 aromatic carbocycles. The number of aromatic nitrogens is 2. The number of methoxy groups -OCH3 is 1. The molecule has 2 fully saturated rings. The van der Waals surface area contributed by atoms with Crippen LogP contribution in [-0.4, -0.2) is 118 Å². The van der Waals surface area contributed by atoms with E-state index in [9.17, 15) is 29.5 Å². The van der Waals surface area contributed by atoms with Crippen LogP contribution < -0.4 is 10.7 Å². The lowest BCUT2D eigenvalue weighted by Gasteiger charge is -2.37. The van der Waals surface area contributed by atoms with E-state index in [0.717, 1.165) is 44.5 Å². The van der Waals surface area contributed by atoms with Crippen molar-refractivity contribution in [1.29, 1.82) is 5.26 Å². The molecular formula is C50H64N8O7. The van der Waals surface area contributed by atoms with Crippen molar-refractivity contribution in [2.45, 2.75) is 104 Å². The number of nitrogens with zero attached hydrogens (tertiary/aromatic N) is 6. The molecule has 0 radical (unpaired) electrons. The lowest BCUT2D eigenvalue weighted by atomic mass is 9.84. The number of esters is 1. The number of aryl methyl sites for hydroxylation is 1. The van der Waals surface area contributed by atoms with Crippen LogP contribution in [0.3, 0.4) is 0 Å². The van der Waals surface area contributed by atoms with E-state index in [-0.39, 0.29) is 55.7 Å². The summed E-state index contributed by atoms with van der Waals surface area (Å²) in [6.07, 6.45) is 3.60. The van der Waals surface area contributed by atoms with Gasteiger partial charge >= 0.3 is 5.97 Å².